The molecule has 3 rings (SSSR count). The number of carbonyl (C=O) groups is 2. The van der Waals surface area contributed by atoms with Crippen LogP contribution in [0.5, 0.6) is 0 Å². The summed E-state index contributed by atoms with van der Waals surface area (Å²) in [6.45, 7) is 1.33. The average Bonchev–Trinajstić information content (AvgIpc) is 3.00. The Bertz CT molecular complexity index is 521. The van der Waals surface area contributed by atoms with Crippen LogP contribution in [-0.2, 0) is 4.79 Å². The van der Waals surface area contributed by atoms with Gasteiger partial charge in [-0.05, 0) is 37.1 Å². The first kappa shape index (κ1) is 16.5. The third kappa shape index (κ3) is 4.34. The van der Waals surface area contributed by atoms with Crippen LogP contribution in [0.3, 0.4) is 0 Å². The lowest BCUT2D eigenvalue weighted by molar-refractivity contribution is -0.127. The van der Waals surface area contributed by atoms with Crippen molar-refractivity contribution in [2.75, 3.05) is 13.1 Å². The molecule has 23 heavy (non-hydrogen) atoms. The summed E-state index contributed by atoms with van der Waals surface area (Å²) in [5.74, 6) is 0.184. The third-order valence-corrected chi connectivity index (χ3v) is 5.87. The lowest BCUT2D eigenvalue weighted by Gasteiger charge is -2.32. The summed E-state index contributed by atoms with van der Waals surface area (Å²) >= 11 is 1.47. The quantitative estimate of drug-likeness (QED) is 0.861. The fourth-order valence-corrected chi connectivity index (χ4v) is 4.37. The van der Waals surface area contributed by atoms with Crippen LogP contribution in [0.1, 0.15) is 61.0 Å². The highest BCUT2D eigenvalue weighted by Gasteiger charge is 2.30. The van der Waals surface area contributed by atoms with Crippen molar-refractivity contribution in [2.45, 2.75) is 57.4 Å². The number of likely N-dealkylation sites (tertiary alicyclic amines) is 1. The van der Waals surface area contributed by atoms with E-state index in [1.54, 1.807) is 0 Å². The Balaban J connectivity index is 1.55. The van der Waals surface area contributed by atoms with Gasteiger partial charge in [-0.15, -0.1) is 11.3 Å². The molecule has 4 nitrogen and oxygen atoms in total. The molecular formula is C18H26N2O2S. The molecule has 2 fully saturated rings. The second kappa shape index (κ2) is 7.95. The van der Waals surface area contributed by atoms with Crippen molar-refractivity contribution in [2.24, 2.45) is 5.92 Å². The molecule has 0 unspecified atom stereocenters. The van der Waals surface area contributed by atoms with E-state index in [9.17, 15) is 9.59 Å². The van der Waals surface area contributed by atoms with E-state index >= 15 is 0 Å². The Morgan fingerprint density at radius 1 is 1.09 bits per heavy atom. The van der Waals surface area contributed by atoms with Crippen molar-refractivity contribution in [3.05, 3.63) is 22.4 Å². The fourth-order valence-electron chi connectivity index (χ4n) is 3.67. The van der Waals surface area contributed by atoms with E-state index < -0.39 is 0 Å². The summed E-state index contributed by atoms with van der Waals surface area (Å²) in [5.41, 5.74) is 0. The van der Waals surface area contributed by atoms with Gasteiger partial charge in [0.05, 0.1) is 10.8 Å². The maximum atomic E-state index is 12.6. The van der Waals surface area contributed by atoms with Gasteiger partial charge >= 0.3 is 0 Å². The number of amides is 2. The molecule has 1 atom stereocenters. The number of nitrogens with one attached hydrogen (secondary N) is 1. The van der Waals surface area contributed by atoms with Crippen LogP contribution in [0.15, 0.2) is 17.5 Å². The molecule has 1 N–H and O–H groups in total. The monoisotopic (exact) mass is 334 g/mol. The highest BCUT2D eigenvalue weighted by atomic mass is 32.1. The van der Waals surface area contributed by atoms with Crippen molar-refractivity contribution in [3.63, 3.8) is 0 Å². The van der Waals surface area contributed by atoms with Crippen molar-refractivity contribution >= 4 is 23.2 Å². The van der Waals surface area contributed by atoms with Gasteiger partial charge in [-0.2, -0.15) is 0 Å². The largest absolute Gasteiger partial charge is 0.353 e. The SMILES string of the molecule is O=C(NC1CCCCCC1)[C@H]1CCCN(C(=O)c2cccs2)C1. The molecule has 1 saturated carbocycles. The molecular weight excluding hydrogens is 308 g/mol. The predicted octanol–water partition coefficient (Wildman–Crippen LogP) is 3.44. The van der Waals surface area contributed by atoms with Gasteiger partial charge < -0.3 is 10.2 Å². The van der Waals surface area contributed by atoms with Crippen LogP contribution >= 0.6 is 11.3 Å². The van der Waals surface area contributed by atoms with Gasteiger partial charge in [-0.25, -0.2) is 0 Å². The van der Waals surface area contributed by atoms with Gasteiger partial charge in [0.25, 0.3) is 5.91 Å². The molecule has 1 aromatic rings. The van der Waals surface area contributed by atoms with E-state index in [0.717, 1.165) is 37.1 Å². The lowest BCUT2D eigenvalue weighted by atomic mass is 9.96. The number of carbonyl (C=O) groups excluding carboxylic acids is 2. The normalized spacial score (nSPS) is 23.3. The Morgan fingerprint density at radius 3 is 2.57 bits per heavy atom. The molecule has 0 bridgehead atoms. The molecule has 0 spiro atoms. The molecule has 1 aliphatic heterocycles. The minimum Gasteiger partial charge on any atom is -0.353 e. The second-order valence-corrected chi connectivity index (χ2v) is 7.71. The molecule has 1 saturated heterocycles. The lowest BCUT2D eigenvalue weighted by Crippen LogP contribution is -2.47. The highest BCUT2D eigenvalue weighted by Crippen LogP contribution is 2.22. The molecule has 2 heterocycles. The number of hydrogen-bond donors (Lipinski definition) is 1. The fraction of sp³-hybridized carbons (Fsp3) is 0.667. The molecule has 2 amide bonds. The molecule has 0 radical (unpaired) electrons. The maximum Gasteiger partial charge on any atom is 0.263 e. The first-order chi connectivity index (χ1) is 11.2. The van der Waals surface area contributed by atoms with Gasteiger partial charge in [0.15, 0.2) is 0 Å². The third-order valence-electron chi connectivity index (χ3n) is 5.01. The highest BCUT2D eigenvalue weighted by molar-refractivity contribution is 7.12. The van der Waals surface area contributed by atoms with E-state index in [1.165, 1.54) is 37.0 Å². The smallest absolute Gasteiger partial charge is 0.263 e. The van der Waals surface area contributed by atoms with E-state index in [4.69, 9.17) is 0 Å². The summed E-state index contributed by atoms with van der Waals surface area (Å²) in [7, 11) is 0. The Kier molecular flexibility index (Phi) is 5.70. The molecule has 1 aliphatic carbocycles. The van der Waals surface area contributed by atoms with Crippen molar-refractivity contribution in [1.29, 1.82) is 0 Å². The predicted molar refractivity (Wildman–Crippen MR) is 92.6 cm³/mol. The van der Waals surface area contributed by atoms with E-state index in [-0.39, 0.29) is 17.7 Å². The summed E-state index contributed by atoms with van der Waals surface area (Å²) in [5, 5.41) is 5.17. The first-order valence-corrected chi connectivity index (χ1v) is 9.75. The van der Waals surface area contributed by atoms with Crippen LogP contribution < -0.4 is 5.32 Å². The average molecular weight is 334 g/mol. The maximum absolute atomic E-state index is 12.6. The van der Waals surface area contributed by atoms with Gasteiger partial charge in [0.2, 0.25) is 5.91 Å². The topological polar surface area (TPSA) is 49.4 Å². The van der Waals surface area contributed by atoms with Gasteiger partial charge in [0, 0.05) is 19.1 Å². The summed E-state index contributed by atoms with van der Waals surface area (Å²) in [6.07, 6.45) is 9.05. The molecule has 126 valence electrons. The van der Waals surface area contributed by atoms with Crippen LogP contribution in [0.2, 0.25) is 0 Å². The van der Waals surface area contributed by atoms with Crippen molar-refractivity contribution < 1.29 is 9.59 Å². The van der Waals surface area contributed by atoms with Crippen LogP contribution in [-0.4, -0.2) is 35.8 Å². The molecule has 0 aromatic carbocycles. The number of hydrogen-bond acceptors (Lipinski definition) is 3. The Hall–Kier alpha value is -1.36. The van der Waals surface area contributed by atoms with Crippen LogP contribution in [0.4, 0.5) is 0 Å². The van der Waals surface area contributed by atoms with Gasteiger partial charge in [-0.3, -0.25) is 9.59 Å². The van der Waals surface area contributed by atoms with Crippen molar-refractivity contribution in [3.8, 4) is 0 Å². The zero-order valence-electron chi connectivity index (χ0n) is 13.6. The minimum atomic E-state index is -0.0454. The number of rotatable bonds is 3. The summed E-state index contributed by atoms with van der Waals surface area (Å²) in [4.78, 5) is 27.7. The standard InChI is InChI=1S/C18H26N2O2S/c21-17(19-15-8-3-1-2-4-9-15)14-7-5-11-20(13-14)18(22)16-10-6-12-23-16/h6,10,12,14-15H,1-5,7-9,11,13H2,(H,19,21)/t14-/m0/s1. The summed E-state index contributed by atoms with van der Waals surface area (Å²) in [6, 6.07) is 4.11. The van der Waals surface area contributed by atoms with E-state index in [2.05, 4.69) is 5.32 Å². The minimum absolute atomic E-state index is 0.0454. The van der Waals surface area contributed by atoms with Crippen LogP contribution in [0.25, 0.3) is 0 Å². The first-order valence-electron chi connectivity index (χ1n) is 8.87. The Morgan fingerprint density at radius 2 is 1.87 bits per heavy atom. The van der Waals surface area contributed by atoms with E-state index in [0.29, 0.717) is 12.6 Å². The zero-order chi connectivity index (χ0) is 16.1. The van der Waals surface area contributed by atoms with E-state index in [1.807, 2.05) is 22.4 Å². The second-order valence-electron chi connectivity index (χ2n) is 6.76. The Labute approximate surface area is 142 Å². The van der Waals surface area contributed by atoms with Crippen LogP contribution in [0, 0.1) is 5.92 Å². The number of piperidine rings is 1. The molecule has 2 aliphatic rings. The summed E-state index contributed by atoms with van der Waals surface area (Å²) < 4.78 is 0. The number of thiophene rings is 1. The molecule has 1 aromatic heterocycles. The molecule has 5 heteroatoms. The van der Waals surface area contributed by atoms with Crippen molar-refractivity contribution in [1.82, 2.24) is 10.2 Å². The van der Waals surface area contributed by atoms with Gasteiger partial charge in [-0.1, -0.05) is 31.7 Å². The van der Waals surface area contributed by atoms with Gasteiger partial charge in [0.1, 0.15) is 0 Å². The zero-order valence-corrected chi connectivity index (χ0v) is 14.4. The number of nitrogens with zero attached hydrogens (tertiary/aromatic N) is 1.